The normalized spacial score (nSPS) is 24.3. The summed E-state index contributed by atoms with van der Waals surface area (Å²) in [5, 5.41) is 3.54. The van der Waals surface area contributed by atoms with E-state index >= 15 is 0 Å². The highest BCUT2D eigenvalue weighted by molar-refractivity contribution is 7.92. The molecule has 0 aliphatic heterocycles. The number of halogens is 1. The summed E-state index contributed by atoms with van der Waals surface area (Å²) in [5.41, 5.74) is 0. The lowest BCUT2D eigenvalue weighted by Gasteiger charge is -2.29. The molecule has 1 aromatic rings. The van der Waals surface area contributed by atoms with Gasteiger partial charge in [-0.2, -0.15) is 0 Å². The second-order valence-corrected chi connectivity index (χ2v) is 7.71. The molecule has 2 atom stereocenters. The van der Waals surface area contributed by atoms with Crippen LogP contribution in [-0.2, 0) is 9.84 Å². The molecule has 1 saturated carbocycles. The quantitative estimate of drug-likeness (QED) is 0.930. The minimum Gasteiger partial charge on any atom is -0.314 e. The van der Waals surface area contributed by atoms with Gasteiger partial charge in [-0.25, -0.2) is 8.42 Å². The highest BCUT2D eigenvalue weighted by Gasteiger charge is 2.32. The van der Waals surface area contributed by atoms with Gasteiger partial charge in [0, 0.05) is 11.1 Å². The number of benzene rings is 1. The molecule has 0 spiro atoms. The number of hydrogen-bond donors (Lipinski definition) is 1. The van der Waals surface area contributed by atoms with E-state index in [0.717, 1.165) is 25.8 Å². The van der Waals surface area contributed by atoms with Gasteiger partial charge in [0.2, 0.25) is 0 Å². The Labute approximate surface area is 120 Å². The van der Waals surface area contributed by atoms with Crippen LogP contribution < -0.4 is 5.32 Å². The van der Waals surface area contributed by atoms with Crippen LogP contribution in [0.3, 0.4) is 0 Å². The zero-order valence-corrected chi connectivity index (χ0v) is 12.7. The van der Waals surface area contributed by atoms with E-state index in [1.165, 1.54) is 0 Å². The molecule has 1 aromatic carbocycles. The standard InChI is InChI=1S/C14H20ClNO2S/c1-2-16-12-6-4-8-14(10-12)19(17,18)13-7-3-5-11(15)9-13/h3,5,7,9,12,14,16H,2,4,6,8,10H2,1H3. The Morgan fingerprint density at radius 1 is 1.37 bits per heavy atom. The van der Waals surface area contributed by atoms with Gasteiger partial charge in [0.05, 0.1) is 10.1 Å². The Kier molecular flexibility index (Phi) is 4.87. The molecular formula is C14H20ClNO2S. The van der Waals surface area contributed by atoms with Gasteiger partial charge in [0.15, 0.2) is 9.84 Å². The van der Waals surface area contributed by atoms with Crippen molar-refractivity contribution >= 4 is 21.4 Å². The maximum atomic E-state index is 12.6. The van der Waals surface area contributed by atoms with Crippen LogP contribution in [0.15, 0.2) is 29.2 Å². The first-order valence-corrected chi connectivity index (χ1v) is 8.69. The number of sulfone groups is 1. The van der Waals surface area contributed by atoms with Crippen molar-refractivity contribution in [3.8, 4) is 0 Å². The monoisotopic (exact) mass is 301 g/mol. The fourth-order valence-electron chi connectivity index (χ4n) is 2.74. The first kappa shape index (κ1) is 14.8. The van der Waals surface area contributed by atoms with E-state index in [-0.39, 0.29) is 5.25 Å². The smallest absolute Gasteiger partial charge is 0.181 e. The number of hydrogen-bond acceptors (Lipinski definition) is 3. The van der Waals surface area contributed by atoms with Crippen molar-refractivity contribution < 1.29 is 8.42 Å². The Morgan fingerprint density at radius 2 is 2.16 bits per heavy atom. The second-order valence-electron chi connectivity index (χ2n) is 5.05. The van der Waals surface area contributed by atoms with Crippen molar-refractivity contribution in [3.63, 3.8) is 0 Å². The van der Waals surface area contributed by atoms with Crippen LogP contribution >= 0.6 is 11.6 Å². The molecule has 0 bridgehead atoms. The van der Waals surface area contributed by atoms with Crippen molar-refractivity contribution in [2.45, 2.75) is 48.8 Å². The summed E-state index contributed by atoms with van der Waals surface area (Å²) in [6.07, 6.45) is 3.47. The van der Waals surface area contributed by atoms with E-state index < -0.39 is 9.84 Å². The van der Waals surface area contributed by atoms with Crippen molar-refractivity contribution in [1.29, 1.82) is 0 Å². The lowest BCUT2D eigenvalue weighted by Crippen LogP contribution is -2.38. The Morgan fingerprint density at radius 3 is 2.84 bits per heavy atom. The summed E-state index contributed by atoms with van der Waals surface area (Å²) in [6.45, 7) is 2.93. The predicted molar refractivity (Wildman–Crippen MR) is 78.4 cm³/mol. The highest BCUT2D eigenvalue weighted by atomic mass is 35.5. The zero-order chi connectivity index (χ0) is 13.9. The molecule has 19 heavy (non-hydrogen) atoms. The molecule has 106 valence electrons. The van der Waals surface area contributed by atoms with Gasteiger partial charge in [0.1, 0.15) is 0 Å². The lowest BCUT2D eigenvalue weighted by molar-refractivity contribution is 0.377. The largest absolute Gasteiger partial charge is 0.314 e. The molecule has 1 aliphatic carbocycles. The Balaban J connectivity index is 2.19. The van der Waals surface area contributed by atoms with Crippen molar-refractivity contribution in [3.05, 3.63) is 29.3 Å². The average molecular weight is 302 g/mol. The van der Waals surface area contributed by atoms with E-state index in [9.17, 15) is 8.42 Å². The maximum Gasteiger partial charge on any atom is 0.181 e. The summed E-state index contributed by atoms with van der Waals surface area (Å²) in [6, 6.07) is 6.90. The molecule has 0 amide bonds. The molecule has 0 saturated heterocycles. The third-order valence-corrected chi connectivity index (χ3v) is 6.13. The minimum atomic E-state index is -3.26. The summed E-state index contributed by atoms with van der Waals surface area (Å²) in [4.78, 5) is 0.349. The number of nitrogens with one attached hydrogen (secondary N) is 1. The van der Waals surface area contributed by atoms with E-state index in [4.69, 9.17) is 11.6 Å². The molecule has 3 nitrogen and oxygen atoms in total. The number of rotatable bonds is 4. The van der Waals surface area contributed by atoms with Gasteiger partial charge < -0.3 is 5.32 Å². The van der Waals surface area contributed by atoms with Crippen molar-refractivity contribution in [1.82, 2.24) is 5.32 Å². The van der Waals surface area contributed by atoms with Gasteiger partial charge in [-0.15, -0.1) is 0 Å². The van der Waals surface area contributed by atoms with Gasteiger partial charge >= 0.3 is 0 Å². The van der Waals surface area contributed by atoms with E-state index in [1.807, 2.05) is 0 Å². The van der Waals surface area contributed by atoms with Gasteiger partial charge in [-0.05, 0) is 44.0 Å². The van der Waals surface area contributed by atoms with Gasteiger partial charge in [-0.3, -0.25) is 0 Å². The topological polar surface area (TPSA) is 46.2 Å². The highest BCUT2D eigenvalue weighted by Crippen LogP contribution is 2.29. The minimum absolute atomic E-state index is 0.288. The van der Waals surface area contributed by atoms with E-state index in [1.54, 1.807) is 24.3 Å². The summed E-state index contributed by atoms with van der Waals surface area (Å²) in [7, 11) is -3.26. The molecule has 0 aromatic heterocycles. The summed E-state index contributed by atoms with van der Waals surface area (Å²) < 4.78 is 25.2. The summed E-state index contributed by atoms with van der Waals surface area (Å²) in [5.74, 6) is 0. The molecule has 5 heteroatoms. The van der Waals surface area contributed by atoms with Crippen LogP contribution in [0.1, 0.15) is 32.6 Å². The fraction of sp³-hybridized carbons (Fsp3) is 0.571. The predicted octanol–water partition coefficient (Wildman–Crippen LogP) is 3.03. The third kappa shape index (κ3) is 3.50. The fourth-order valence-corrected chi connectivity index (χ4v) is 4.90. The van der Waals surface area contributed by atoms with Crippen LogP contribution in [0.25, 0.3) is 0 Å². The SMILES string of the molecule is CCNC1CCCC(S(=O)(=O)c2cccc(Cl)c2)C1. The molecule has 1 fully saturated rings. The van der Waals surface area contributed by atoms with E-state index in [0.29, 0.717) is 22.4 Å². The van der Waals surface area contributed by atoms with Crippen molar-refractivity contribution in [2.75, 3.05) is 6.54 Å². The van der Waals surface area contributed by atoms with Gasteiger partial charge in [-0.1, -0.05) is 31.0 Å². The van der Waals surface area contributed by atoms with Crippen molar-refractivity contribution in [2.24, 2.45) is 0 Å². The molecule has 0 radical (unpaired) electrons. The summed E-state index contributed by atoms with van der Waals surface area (Å²) >= 11 is 5.89. The molecular weight excluding hydrogens is 282 g/mol. The van der Waals surface area contributed by atoms with Crippen LogP contribution in [0.4, 0.5) is 0 Å². The average Bonchev–Trinajstić information content (AvgIpc) is 2.39. The van der Waals surface area contributed by atoms with Crippen LogP contribution in [-0.4, -0.2) is 26.3 Å². The van der Waals surface area contributed by atoms with Crippen LogP contribution in [0, 0.1) is 0 Å². The molecule has 2 unspecified atom stereocenters. The second kappa shape index (κ2) is 6.25. The van der Waals surface area contributed by atoms with Crippen LogP contribution in [0.5, 0.6) is 0 Å². The Hall–Kier alpha value is -0.580. The third-order valence-electron chi connectivity index (χ3n) is 3.68. The molecule has 0 heterocycles. The van der Waals surface area contributed by atoms with Gasteiger partial charge in [0.25, 0.3) is 0 Å². The molecule has 1 N–H and O–H groups in total. The molecule has 2 rings (SSSR count). The lowest BCUT2D eigenvalue weighted by atomic mass is 9.95. The maximum absolute atomic E-state index is 12.6. The molecule has 1 aliphatic rings. The van der Waals surface area contributed by atoms with E-state index in [2.05, 4.69) is 12.2 Å². The zero-order valence-electron chi connectivity index (χ0n) is 11.1. The Bertz CT molecular complexity index is 528. The first-order chi connectivity index (χ1) is 9.04. The first-order valence-electron chi connectivity index (χ1n) is 6.77. The van der Waals surface area contributed by atoms with Crippen LogP contribution in [0.2, 0.25) is 5.02 Å².